The van der Waals surface area contributed by atoms with Crippen LogP contribution < -0.4 is 5.57 Å². The van der Waals surface area contributed by atoms with Gasteiger partial charge in [-0.3, -0.25) is 0 Å². The van der Waals surface area contributed by atoms with Crippen LogP contribution in [-0.2, 0) is 4.57 Å². The monoisotopic (exact) mass is 170 g/mol. The molecule has 0 saturated carbocycles. The van der Waals surface area contributed by atoms with Crippen LogP contribution in [0, 0.1) is 6.92 Å². The van der Waals surface area contributed by atoms with Gasteiger partial charge in [-0.2, -0.15) is 0 Å². The van der Waals surface area contributed by atoms with Crippen molar-refractivity contribution in [3.05, 3.63) is 18.0 Å². The van der Waals surface area contributed by atoms with Crippen LogP contribution in [0.2, 0.25) is 0 Å². The van der Waals surface area contributed by atoms with E-state index >= 15 is 0 Å². The Labute approximate surface area is 66.3 Å². The van der Waals surface area contributed by atoms with Crippen LogP contribution in [0.1, 0.15) is 5.69 Å². The average molecular weight is 170 g/mol. The molecule has 0 amide bonds. The third-order valence-electron chi connectivity index (χ3n) is 1.26. The molecule has 1 rings (SSSR count). The molecule has 0 fully saturated rings. The number of aromatic nitrogens is 2. The van der Waals surface area contributed by atoms with E-state index in [0.29, 0.717) is 5.57 Å². The third-order valence-corrected chi connectivity index (χ3v) is 2.44. The highest BCUT2D eigenvalue weighted by Crippen LogP contribution is 2.31. The van der Waals surface area contributed by atoms with E-state index in [9.17, 15) is 4.57 Å². The first-order valence-corrected chi connectivity index (χ1v) is 5.95. The van der Waals surface area contributed by atoms with E-state index < -0.39 is 7.14 Å². The second-order valence-corrected chi connectivity index (χ2v) is 5.95. The molecule has 1 aromatic heterocycles. The minimum atomic E-state index is -2.27. The van der Waals surface area contributed by atoms with E-state index in [2.05, 4.69) is 9.97 Å². The van der Waals surface area contributed by atoms with Crippen LogP contribution in [0.15, 0.2) is 12.3 Å². The van der Waals surface area contributed by atoms with Crippen molar-refractivity contribution >= 4 is 12.7 Å². The van der Waals surface area contributed by atoms with Gasteiger partial charge in [-0.25, -0.2) is 9.97 Å². The van der Waals surface area contributed by atoms with Gasteiger partial charge in [-0.1, -0.05) is 0 Å². The van der Waals surface area contributed by atoms with E-state index in [1.54, 1.807) is 25.6 Å². The molecular weight excluding hydrogens is 159 g/mol. The summed E-state index contributed by atoms with van der Waals surface area (Å²) in [6.07, 6.45) is 1.64. The Hall–Kier alpha value is -0.690. The second kappa shape index (κ2) is 2.74. The van der Waals surface area contributed by atoms with Gasteiger partial charge in [0, 0.05) is 11.9 Å². The molecule has 1 heterocycles. The highest BCUT2D eigenvalue weighted by molar-refractivity contribution is 7.69. The van der Waals surface area contributed by atoms with E-state index in [4.69, 9.17) is 0 Å². The third kappa shape index (κ3) is 2.12. The van der Waals surface area contributed by atoms with Crippen molar-refractivity contribution in [2.75, 3.05) is 13.3 Å². The normalized spacial score (nSPS) is 11.5. The summed E-state index contributed by atoms with van der Waals surface area (Å²) in [5, 5.41) is 0. The molecule has 0 aliphatic heterocycles. The van der Waals surface area contributed by atoms with Crippen LogP contribution in [-0.4, -0.2) is 23.3 Å². The van der Waals surface area contributed by atoms with E-state index in [1.807, 2.05) is 6.92 Å². The average Bonchev–Trinajstić information content (AvgIpc) is 1.86. The largest absolute Gasteiger partial charge is 0.316 e. The summed E-state index contributed by atoms with van der Waals surface area (Å²) in [5.74, 6) is 0. The molecule has 1 aromatic rings. The lowest BCUT2D eigenvalue weighted by atomic mass is 10.5. The SMILES string of the molecule is Cc1ccnc(P(C)(C)=O)n1. The van der Waals surface area contributed by atoms with Crippen molar-refractivity contribution in [2.24, 2.45) is 0 Å². The molecule has 11 heavy (non-hydrogen) atoms. The summed E-state index contributed by atoms with van der Waals surface area (Å²) < 4.78 is 11.4. The lowest BCUT2D eigenvalue weighted by Gasteiger charge is -2.03. The maximum atomic E-state index is 11.4. The topological polar surface area (TPSA) is 42.9 Å². The maximum absolute atomic E-state index is 11.4. The number of nitrogens with zero attached hydrogens (tertiary/aromatic N) is 2. The van der Waals surface area contributed by atoms with Crippen molar-refractivity contribution in [1.29, 1.82) is 0 Å². The molecular formula is C7H11N2OP. The zero-order valence-corrected chi connectivity index (χ0v) is 7.80. The molecule has 3 nitrogen and oxygen atoms in total. The summed E-state index contributed by atoms with van der Waals surface area (Å²) in [7, 11) is -2.27. The lowest BCUT2D eigenvalue weighted by molar-refractivity contribution is 0.587. The Kier molecular flexibility index (Phi) is 2.10. The molecule has 0 aliphatic rings. The Morgan fingerprint density at radius 2 is 2.09 bits per heavy atom. The van der Waals surface area contributed by atoms with Crippen molar-refractivity contribution in [3.63, 3.8) is 0 Å². The first-order valence-electron chi connectivity index (χ1n) is 3.35. The minimum absolute atomic E-state index is 0.470. The van der Waals surface area contributed by atoms with E-state index in [1.165, 1.54) is 0 Å². The molecule has 0 atom stereocenters. The summed E-state index contributed by atoms with van der Waals surface area (Å²) in [4.78, 5) is 8.01. The predicted octanol–water partition coefficient (Wildman–Crippen LogP) is 1.03. The van der Waals surface area contributed by atoms with Crippen molar-refractivity contribution in [2.45, 2.75) is 6.92 Å². The van der Waals surface area contributed by atoms with Gasteiger partial charge in [0.05, 0.1) is 0 Å². The van der Waals surface area contributed by atoms with Gasteiger partial charge in [0.15, 0.2) is 5.57 Å². The highest BCUT2D eigenvalue weighted by atomic mass is 31.2. The van der Waals surface area contributed by atoms with Crippen LogP contribution in [0.3, 0.4) is 0 Å². The Morgan fingerprint density at radius 3 is 2.45 bits per heavy atom. The zero-order valence-electron chi connectivity index (χ0n) is 6.90. The van der Waals surface area contributed by atoms with E-state index in [0.717, 1.165) is 5.69 Å². The van der Waals surface area contributed by atoms with Crippen molar-refractivity contribution in [1.82, 2.24) is 9.97 Å². The maximum Gasteiger partial charge on any atom is 0.188 e. The molecule has 0 N–H and O–H groups in total. The molecule has 0 unspecified atom stereocenters. The fraction of sp³-hybridized carbons (Fsp3) is 0.429. The van der Waals surface area contributed by atoms with E-state index in [-0.39, 0.29) is 0 Å². The standard InChI is InChI=1S/C7H11N2OP/c1-6-4-5-8-7(9-6)11(2,3)10/h4-5H,1-3H3. The number of aryl methyl sites for hydroxylation is 1. The predicted molar refractivity (Wildman–Crippen MR) is 45.9 cm³/mol. The summed E-state index contributed by atoms with van der Waals surface area (Å²) in [6, 6.07) is 1.79. The molecule has 0 spiro atoms. The quantitative estimate of drug-likeness (QED) is 0.591. The fourth-order valence-corrected chi connectivity index (χ4v) is 1.44. The van der Waals surface area contributed by atoms with Crippen LogP contribution in [0.5, 0.6) is 0 Å². The zero-order chi connectivity index (χ0) is 8.48. The first-order chi connectivity index (χ1) is 5.00. The molecule has 0 aromatic carbocycles. The molecule has 4 heteroatoms. The van der Waals surface area contributed by atoms with Gasteiger partial charge in [-0.05, 0) is 26.3 Å². The molecule has 0 bridgehead atoms. The Balaban J connectivity index is 3.17. The summed E-state index contributed by atoms with van der Waals surface area (Å²) >= 11 is 0. The molecule has 0 radical (unpaired) electrons. The van der Waals surface area contributed by atoms with Crippen molar-refractivity contribution < 1.29 is 4.57 Å². The van der Waals surface area contributed by atoms with Crippen LogP contribution in [0.4, 0.5) is 0 Å². The number of rotatable bonds is 1. The molecule has 60 valence electrons. The van der Waals surface area contributed by atoms with Gasteiger partial charge >= 0.3 is 0 Å². The molecule has 0 saturated heterocycles. The smallest absolute Gasteiger partial charge is 0.188 e. The minimum Gasteiger partial charge on any atom is -0.316 e. The van der Waals surface area contributed by atoms with Gasteiger partial charge in [0.2, 0.25) is 0 Å². The van der Waals surface area contributed by atoms with Crippen LogP contribution >= 0.6 is 7.14 Å². The summed E-state index contributed by atoms with van der Waals surface area (Å²) in [6.45, 7) is 5.20. The fourth-order valence-electron chi connectivity index (χ4n) is 0.695. The first kappa shape index (κ1) is 8.41. The Bertz CT molecular complexity index is 305. The number of hydrogen-bond donors (Lipinski definition) is 0. The Morgan fingerprint density at radius 1 is 1.45 bits per heavy atom. The van der Waals surface area contributed by atoms with Crippen molar-refractivity contribution in [3.8, 4) is 0 Å². The number of hydrogen-bond acceptors (Lipinski definition) is 3. The summed E-state index contributed by atoms with van der Waals surface area (Å²) in [5.41, 5.74) is 1.33. The van der Waals surface area contributed by atoms with Gasteiger partial charge in [0.1, 0.15) is 7.14 Å². The highest BCUT2D eigenvalue weighted by Gasteiger charge is 2.13. The van der Waals surface area contributed by atoms with Gasteiger partial charge in [0.25, 0.3) is 0 Å². The van der Waals surface area contributed by atoms with Gasteiger partial charge < -0.3 is 4.57 Å². The van der Waals surface area contributed by atoms with Gasteiger partial charge in [-0.15, -0.1) is 0 Å². The van der Waals surface area contributed by atoms with Crippen LogP contribution in [0.25, 0.3) is 0 Å². The second-order valence-electron chi connectivity index (χ2n) is 2.85. The molecule has 0 aliphatic carbocycles. The lowest BCUT2D eigenvalue weighted by Crippen LogP contribution is -2.13.